The summed E-state index contributed by atoms with van der Waals surface area (Å²) in [5.74, 6) is -0.353. The fraction of sp³-hybridized carbons (Fsp3) is 0.400. The molecule has 3 aromatic rings. The van der Waals surface area contributed by atoms with E-state index in [0.29, 0.717) is 68.9 Å². The number of carbonyl (C=O) groups excluding carboxylic acids is 4. The molecule has 1 aromatic heterocycles. The van der Waals surface area contributed by atoms with Crippen molar-refractivity contribution in [3.05, 3.63) is 90.1 Å². The van der Waals surface area contributed by atoms with E-state index in [2.05, 4.69) is 15.6 Å². The molecule has 11 heteroatoms. The second-order valence-electron chi connectivity index (χ2n) is 11.6. The summed E-state index contributed by atoms with van der Waals surface area (Å²) in [6.45, 7) is 3.82. The highest BCUT2D eigenvalue weighted by molar-refractivity contribution is 7.99. The number of alkyl carbamates (subject to hydrolysis) is 1. The van der Waals surface area contributed by atoms with Gasteiger partial charge in [-0.15, -0.1) is 0 Å². The van der Waals surface area contributed by atoms with Crippen LogP contribution < -0.4 is 10.6 Å². The molecule has 4 amide bonds. The van der Waals surface area contributed by atoms with Crippen LogP contribution in [0.2, 0.25) is 0 Å². The molecule has 0 saturated carbocycles. The number of nitrogens with one attached hydrogen (secondary N) is 2. The molecule has 0 bridgehead atoms. The predicted molar refractivity (Wildman–Crippen MR) is 175 cm³/mol. The minimum absolute atomic E-state index is 0.0785. The fourth-order valence-corrected chi connectivity index (χ4v) is 6.93. The van der Waals surface area contributed by atoms with E-state index >= 15 is 0 Å². The Morgan fingerprint density at radius 1 is 1.00 bits per heavy atom. The predicted octanol–water partition coefficient (Wildman–Crippen LogP) is 5.04. The Morgan fingerprint density at radius 2 is 1.72 bits per heavy atom. The molecule has 2 fully saturated rings. The summed E-state index contributed by atoms with van der Waals surface area (Å²) in [5, 5.41) is 6.39. The highest BCUT2D eigenvalue weighted by Gasteiger charge is 2.53. The zero-order valence-corrected chi connectivity index (χ0v) is 27.0. The maximum atomic E-state index is 13.7. The smallest absolute Gasteiger partial charge is 0.407 e. The Morgan fingerprint density at radius 3 is 2.43 bits per heavy atom. The van der Waals surface area contributed by atoms with Gasteiger partial charge in [0.05, 0.1) is 5.56 Å². The zero-order valence-electron chi connectivity index (χ0n) is 26.2. The molecule has 2 aliphatic heterocycles. The third-order valence-corrected chi connectivity index (χ3v) is 9.52. The van der Waals surface area contributed by atoms with Crippen molar-refractivity contribution in [1.29, 1.82) is 0 Å². The van der Waals surface area contributed by atoms with E-state index < -0.39 is 17.7 Å². The van der Waals surface area contributed by atoms with Gasteiger partial charge in [-0.25, -0.2) is 9.78 Å². The summed E-state index contributed by atoms with van der Waals surface area (Å²) in [5.41, 5.74) is 0.471. The average Bonchev–Trinajstić information content (AvgIpc) is 3.09. The molecule has 10 nitrogen and oxygen atoms in total. The van der Waals surface area contributed by atoms with E-state index in [9.17, 15) is 19.2 Å². The first kappa shape index (κ1) is 33.0. The lowest BCUT2D eigenvalue weighted by molar-refractivity contribution is -0.161. The standard InChI is InChI=1S/C35H41N5O5S/c1-2-22-40-32(42)29(17-9-10-20-37-34(44)45-25-26-12-5-3-6-13-26)38-33(43)35(40)18-23-39(24-19-35)31(41)28-16-11-21-36-30(28)46-27-14-7-4-8-15-27/h3-8,11-16,21,29H,2,9-10,17-20,22-25H2,1H3,(H,37,44)(H,38,43)/t29-/m0/s1. The van der Waals surface area contributed by atoms with Gasteiger partial charge in [0, 0.05) is 37.3 Å². The van der Waals surface area contributed by atoms with Crippen LogP contribution in [0.25, 0.3) is 0 Å². The zero-order chi connectivity index (χ0) is 32.4. The molecule has 0 unspecified atom stereocenters. The van der Waals surface area contributed by atoms with Gasteiger partial charge in [-0.3, -0.25) is 14.4 Å². The minimum atomic E-state index is -0.971. The third-order valence-electron chi connectivity index (χ3n) is 8.49. The quantitative estimate of drug-likeness (QED) is 0.265. The first-order chi connectivity index (χ1) is 22.4. The number of carbonyl (C=O) groups is 4. The molecule has 2 N–H and O–H groups in total. The number of benzene rings is 2. The van der Waals surface area contributed by atoms with Gasteiger partial charge in [0.25, 0.3) is 5.91 Å². The highest BCUT2D eigenvalue weighted by Crippen LogP contribution is 2.35. The van der Waals surface area contributed by atoms with Crippen LogP contribution in [-0.2, 0) is 20.9 Å². The van der Waals surface area contributed by atoms with Crippen LogP contribution in [-0.4, -0.2) is 76.4 Å². The van der Waals surface area contributed by atoms with Gasteiger partial charge in [-0.05, 0) is 68.4 Å². The Hall–Kier alpha value is -4.38. The molecule has 1 atom stereocenters. The number of unbranched alkanes of at least 4 members (excludes halogenated alkanes) is 1. The number of pyridine rings is 1. The van der Waals surface area contributed by atoms with Gasteiger partial charge in [0.2, 0.25) is 11.8 Å². The molecule has 46 heavy (non-hydrogen) atoms. The van der Waals surface area contributed by atoms with E-state index in [1.165, 1.54) is 11.8 Å². The van der Waals surface area contributed by atoms with Crippen molar-refractivity contribution >= 4 is 35.6 Å². The Kier molecular flexibility index (Phi) is 11.3. The van der Waals surface area contributed by atoms with E-state index in [1.807, 2.05) is 67.6 Å². The van der Waals surface area contributed by atoms with Crippen molar-refractivity contribution < 1.29 is 23.9 Å². The fourth-order valence-electron chi connectivity index (χ4n) is 6.04. The van der Waals surface area contributed by atoms with Crippen molar-refractivity contribution in [2.45, 2.75) is 73.6 Å². The van der Waals surface area contributed by atoms with Crippen LogP contribution >= 0.6 is 11.8 Å². The molecule has 2 aromatic carbocycles. The average molecular weight is 644 g/mol. The summed E-state index contributed by atoms with van der Waals surface area (Å²) >= 11 is 1.45. The maximum absolute atomic E-state index is 13.7. The summed E-state index contributed by atoms with van der Waals surface area (Å²) in [6.07, 6.45) is 4.45. The SMILES string of the molecule is CCCN1C(=O)[C@H](CCCCNC(=O)OCc2ccccc2)NC(=O)C12CCN(C(=O)c1cccnc1Sc1ccccc1)CC2. The highest BCUT2D eigenvalue weighted by atomic mass is 32.2. The number of piperazine rings is 1. The van der Waals surface area contributed by atoms with Crippen LogP contribution in [0.5, 0.6) is 0 Å². The van der Waals surface area contributed by atoms with Gasteiger partial charge < -0.3 is 25.2 Å². The summed E-state index contributed by atoms with van der Waals surface area (Å²) in [6, 6.07) is 22.2. The molecular weight excluding hydrogens is 602 g/mol. The number of piperidine rings is 1. The van der Waals surface area contributed by atoms with Gasteiger partial charge in [-0.1, -0.05) is 67.2 Å². The number of amides is 4. The van der Waals surface area contributed by atoms with E-state index in [0.717, 1.165) is 16.9 Å². The largest absolute Gasteiger partial charge is 0.445 e. The Balaban J connectivity index is 1.13. The molecule has 1 spiro atoms. The van der Waals surface area contributed by atoms with E-state index in [-0.39, 0.29) is 24.3 Å². The molecule has 0 radical (unpaired) electrons. The third kappa shape index (κ3) is 7.88. The van der Waals surface area contributed by atoms with Crippen LogP contribution in [0.1, 0.15) is 61.4 Å². The first-order valence-electron chi connectivity index (χ1n) is 16.0. The molecule has 2 saturated heterocycles. The van der Waals surface area contributed by atoms with Gasteiger partial charge in [0.1, 0.15) is 23.2 Å². The lowest BCUT2D eigenvalue weighted by Gasteiger charge is -2.51. The second-order valence-corrected chi connectivity index (χ2v) is 12.7. The van der Waals surface area contributed by atoms with Crippen LogP contribution in [0.15, 0.2) is 88.9 Å². The van der Waals surface area contributed by atoms with Crippen LogP contribution in [0.3, 0.4) is 0 Å². The monoisotopic (exact) mass is 643 g/mol. The lowest BCUT2D eigenvalue weighted by atomic mass is 9.81. The lowest BCUT2D eigenvalue weighted by Crippen LogP contribution is -2.73. The summed E-state index contributed by atoms with van der Waals surface area (Å²) in [4.78, 5) is 62.1. The maximum Gasteiger partial charge on any atom is 0.407 e. The number of likely N-dealkylation sites (tertiary alicyclic amines) is 1. The van der Waals surface area contributed by atoms with Crippen molar-refractivity contribution in [3.8, 4) is 0 Å². The van der Waals surface area contributed by atoms with Gasteiger partial charge in [0.15, 0.2) is 0 Å². The van der Waals surface area contributed by atoms with Crippen LogP contribution in [0.4, 0.5) is 4.79 Å². The molecule has 242 valence electrons. The topological polar surface area (TPSA) is 121 Å². The molecule has 0 aliphatic carbocycles. The molecule has 5 rings (SSSR count). The van der Waals surface area contributed by atoms with Gasteiger partial charge >= 0.3 is 6.09 Å². The molecule has 2 aliphatic rings. The van der Waals surface area contributed by atoms with Crippen LogP contribution in [0, 0.1) is 0 Å². The molecule has 3 heterocycles. The first-order valence-corrected chi connectivity index (χ1v) is 16.8. The number of ether oxygens (including phenoxy) is 1. The van der Waals surface area contributed by atoms with E-state index in [4.69, 9.17) is 4.74 Å². The number of hydrogen-bond acceptors (Lipinski definition) is 7. The number of rotatable bonds is 12. The van der Waals surface area contributed by atoms with E-state index in [1.54, 1.807) is 28.1 Å². The van der Waals surface area contributed by atoms with Crippen molar-refractivity contribution in [2.75, 3.05) is 26.2 Å². The normalized spacial score (nSPS) is 17.5. The minimum Gasteiger partial charge on any atom is -0.445 e. The van der Waals surface area contributed by atoms with Crippen molar-refractivity contribution in [1.82, 2.24) is 25.4 Å². The van der Waals surface area contributed by atoms with Crippen molar-refractivity contribution in [3.63, 3.8) is 0 Å². The Bertz CT molecular complexity index is 1500. The number of hydrogen-bond donors (Lipinski definition) is 2. The summed E-state index contributed by atoms with van der Waals surface area (Å²) < 4.78 is 5.24. The number of aromatic nitrogens is 1. The number of nitrogens with zero attached hydrogens (tertiary/aromatic N) is 3. The Labute approximate surface area is 274 Å². The molecular formula is C35H41N5O5S. The summed E-state index contributed by atoms with van der Waals surface area (Å²) in [7, 11) is 0. The second kappa shape index (κ2) is 15.8. The van der Waals surface area contributed by atoms with Crippen molar-refractivity contribution in [2.24, 2.45) is 0 Å². The van der Waals surface area contributed by atoms with Gasteiger partial charge in [-0.2, -0.15) is 0 Å².